The lowest BCUT2D eigenvalue weighted by molar-refractivity contribution is 0.00201. The Hall–Kier alpha value is -0.900. The maximum absolute atomic E-state index is 12.0. The van der Waals surface area contributed by atoms with Crippen molar-refractivity contribution in [3.63, 3.8) is 0 Å². The number of ether oxygens (including phenoxy) is 1. The van der Waals surface area contributed by atoms with Crippen LogP contribution >= 0.6 is 11.6 Å². The molecule has 0 amide bonds. The second-order valence-electron chi connectivity index (χ2n) is 4.32. The molecule has 17 heavy (non-hydrogen) atoms. The minimum absolute atomic E-state index is 0.135. The predicted octanol–water partition coefficient (Wildman–Crippen LogP) is 2.24. The van der Waals surface area contributed by atoms with E-state index in [1.165, 1.54) is 0 Å². The fourth-order valence-electron chi connectivity index (χ4n) is 1.91. The van der Waals surface area contributed by atoms with E-state index in [4.69, 9.17) is 16.3 Å². The molecule has 92 valence electrons. The van der Waals surface area contributed by atoms with E-state index in [0.717, 1.165) is 6.54 Å². The molecule has 4 heteroatoms. The van der Waals surface area contributed by atoms with Gasteiger partial charge in [-0.15, -0.1) is 0 Å². The zero-order valence-electron chi connectivity index (χ0n) is 9.86. The number of carbonyl (C=O) groups is 1. The molecule has 1 aliphatic rings. The van der Waals surface area contributed by atoms with Crippen LogP contribution in [-0.4, -0.2) is 43.0 Å². The van der Waals surface area contributed by atoms with Gasteiger partial charge in [0.1, 0.15) is 0 Å². The summed E-state index contributed by atoms with van der Waals surface area (Å²) >= 11 is 5.79. The van der Waals surface area contributed by atoms with Crippen molar-refractivity contribution < 1.29 is 9.53 Å². The Morgan fingerprint density at radius 1 is 1.47 bits per heavy atom. The van der Waals surface area contributed by atoms with Gasteiger partial charge in [-0.1, -0.05) is 11.6 Å². The minimum atomic E-state index is 0.135. The molecule has 1 heterocycles. The van der Waals surface area contributed by atoms with E-state index in [9.17, 15) is 4.79 Å². The number of rotatable bonds is 3. The van der Waals surface area contributed by atoms with Gasteiger partial charge in [0.2, 0.25) is 0 Å². The Morgan fingerprint density at radius 2 is 2.18 bits per heavy atom. The van der Waals surface area contributed by atoms with E-state index in [1.54, 1.807) is 24.3 Å². The van der Waals surface area contributed by atoms with Crippen LogP contribution in [0.5, 0.6) is 0 Å². The lowest BCUT2D eigenvalue weighted by Gasteiger charge is -2.32. The Morgan fingerprint density at radius 3 is 2.82 bits per heavy atom. The van der Waals surface area contributed by atoms with E-state index in [-0.39, 0.29) is 5.78 Å². The quantitative estimate of drug-likeness (QED) is 0.774. The second kappa shape index (κ2) is 5.63. The highest BCUT2D eigenvalue weighted by molar-refractivity contribution is 6.30. The summed E-state index contributed by atoms with van der Waals surface area (Å²) in [5, 5.41) is 0.654. The van der Waals surface area contributed by atoms with E-state index < -0.39 is 0 Å². The normalized spacial score (nSPS) is 21.4. The van der Waals surface area contributed by atoms with Crippen molar-refractivity contribution in [2.45, 2.75) is 13.0 Å². The van der Waals surface area contributed by atoms with Crippen molar-refractivity contribution in [2.75, 3.05) is 26.3 Å². The fraction of sp³-hybridized carbons (Fsp3) is 0.462. The number of nitrogens with zero attached hydrogens (tertiary/aromatic N) is 1. The molecule has 2 rings (SSSR count). The van der Waals surface area contributed by atoms with Gasteiger partial charge in [0.15, 0.2) is 5.78 Å². The standard InChI is InChI=1S/C13H16ClNO2/c1-10-9-17-7-6-15(10)8-13(16)11-2-4-12(14)5-3-11/h2-5,10H,6-9H2,1H3. The average molecular weight is 254 g/mol. The van der Waals surface area contributed by atoms with Crippen molar-refractivity contribution in [1.29, 1.82) is 0 Å². The molecule has 3 nitrogen and oxygen atoms in total. The highest BCUT2D eigenvalue weighted by Gasteiger charge is 2.21. The summed E-state index contributed by atoms with van der Waals surface area (Å²) in [5.74, 6) is 0.135. The molecule has 1 atom stereocenters. The third-order valence-electron chi connectivity index (χ3n) is 3.02. The second-order valence-corrected chi connectivity index (χ2v) is 4.76. The predicted molar refractivity (Wildman–Crippen MR) is 67.6 cm³/mol. The Bertz CT molecular complexity index is 391. The first-order chi connectivity index (χ1) is 8.16. The summed E-state index contributed by atoms with van der Waals surface area (Å²) in [6.45, 7) is 4.76. The van der Waals surface area contributed by atoms with Gasteiger partial charge in [0.05, 0.1) is 19.8 Å². The molecule has 0 aliphatic carbocycles. The number of morpholine rings is 1. The zero-order valence-corrected chi connectivity index (χ0v) is 10.6. The minimum Gasteiger partial charge on any atom is -0.379 e. The smallest absolute Gasteiger partial charge is 0.176 e. The molecule has 0 N–H and O–H groups in total. The van der Waals surface area contributed by atoms with Crippen LogP contribution in [0.2, 0.25) is 5.02 Å². The fourth-order valence-corrected chi connectivity index (χ4v) is 2.03. The van der Waals surface area contributed by atoms with Crippen LogP contribution < -0.4 is 0 Å². The summed E-state index contributed by atoms with van der Waals surface area (Å²) in [5.41, 5.74) is 0.716. The number of Topliss-reactive ketones (excluding diaryl/α,β-unsaturated/α-hetero) is 1. The monoisotopic (exact) mass is 253 g/mol. The Labute approximate surface area is 106 Å². The van der Waals surface area contributed by atoms with Gasteiger partial charge in [-0.3, -0.25) is 9.69 Å². The molecule has 1 aromatic rings. The van der Waals surface area contributed by atoms with E-state index in [2.05, 4.69) is 11.8 Å². The molecular formula is C13H16ClNO2. The largest absolute Gasteiger partial charge is 0.379 e. The number of ketones is 1. The Balaban J connectivity index is 1.98. The van der Waals surface area contributed by atoms with Crippen LogP contribution in [0.1, 0.15) is 17.3 Å². The van der Waals surface area contributed by atoms with Crippen LogP contribution in [0.15, 0.2) is 24.3 Å². The van der Waals surface area contributed by atoms with Crippen LogP contribution in [0.4, 0.5) is 0 Å². The first-order valence-electron chi connectivity index (χ1n) is 5.77. The van der Waals surface area contributed by atoms with Gasteiger partial charge >= 0.3 is 0 Å². The van der Waals surface area contributed by atoms with Crippen molar-refractivity contribution >= 4 is 17.4 Å². The van der Waals surface area contributed by atoms with Crippen molar-refractivity contribution in [2.24, 2.45) is 0 Å². The van der Waals surface area contributed by atoms with Gasteiger partial charge in [0, 0.05) is 23.2 Å². The van der Waals surface area contributed by atoms with Crippen molar-refractivity contribution in [3.05, 3.63) is 34.9 Å². The number of hydrogen-bond acceptors (Lipinski definition) is 3. The molecule has 1 saturated heterocycles. The zero-order chi connectivity index (χ0) is 12.3. The summed E-state index contributed by atoms with van der Waals surface area (Å²) in [6.07, 6.45) is 0. The van der Waals surface area contributed by atoms with Crippen LogP contribution in [0, 0.1) is 0 Å². The molecule has 1 aliphatic heterocycles. The maximum Gasteiger partial charge on any atom is 0.176 e. The molecule has 0 aromatic heterocycles. The highest BCUT2D eigenvalue weighted by atomic mass is 35.5. The number of benzene rings is 1. The lowest BCUT2D eigenvalue weighted by Crippen LogP contribution is -2.45. The van der Waals surface area contributed by atoms with E-state index in [0.29, 0.717) is 36.4 Å². The third kappa shape index (κ3) is 3.28. The molecular weight excluding hydrogens is 238 g/mol. The van der Waals surface area contributed by atoms with Crippen molar-refractivity contribution in [3.8, 4) is 0 Å². The van der Waals surface area contributed by atoms with Gasteiger partial charge < -0.3 is 4.74 Å². The number of halogens is 1. The summed E-state index contributed by atoms with van der Waals surface area (Å²) in [4.78, 5) is 14.2. The molecule has 0 saturated carbocycles. The van der Waals surface area contributed by atoms with Crippen molar-refractivity contribution in [1.82, 2.24) is 4.90 Å². The van der Waals surface area contributed by atoms with Crippen LogP contribution in [-0.2, 0) is 4.74 Å². The lowest BCUT2D eigenvalue weighted by atomic mass is 10.1. The van der Waals surface area contributed by atoms with E-state index in [1.807, 2.05) is 0 Å². The third-order valence-corrected chi connectivity index (χ3v) is 3.27. The van der Waals surface area contributed by atoms with Crippen LogP contribution in [0.25, 0.3) is 0 Å². The number of carbonyl (C=O) groups excluding carboxylic acids is 1. The topological polar surface area (TPSA) is 29.5 Å². The summed E-state index contributed by atoms with van der Waals surface area (Å²) in [6, 6.07) is 7.35. The molecule has 0 spiro atoms. The number of hydrogen-bond donors (Lipinski definition) is 0. The summed E-state index contributed by atoms with van der Waals surface area (Å²) < 4.78 is 5.34. The molecule has 1 aromatic carbocycles. The van der Waals surface area contributed by atoms with Crippen LogP contribution in [0.3, 0.4) is 0 Å². The molecule has 0 radical (unpaired) electrons. The van der Waals surface area contributed by atoms with Gasteiger partial charge in [0.25, 0.3) is 0 Å². The van der Waals surface area contributed by atoms with E-state index >= 15 is 0 Å². The first-order valence-corrected chi connectivity index (χ1v) is 6.15. The Kier molecular flexibility index (Phi) is 4.15. The van der Waals surface area contributed by atoms with Gasteiger partial charge in [-0.05, 0) is 31.2 Å². The first kappa shape index (κ1) is 12.6. The maximum atomic E-state index is 12.0. The SMILES string of the molecule is CC1COCCN1CC(=O)c1ccc(Cl)cc1. The molecule has 0 bridgehead atoms. The van der Waals surface area contributed by atoms with Gasteiger partial charge in [-0.2, -0.15) is 0 Å². The van der Waals surface area contributed by atoms with Gasteiger partial charge in [-0.25, -0.2) is 0 Å². The molecule has 1 fully saturated rings. The summed E-state index contributed by atoms with van der Waals surface area (Å²) in [7, 11) is 0. The molecule has 1 unspecified atom stereocenters. The highest BCUT2D eigenvalue weighted by Crippen LogP contribution is 2.12. The average Bonchev–Trinajstić information content (AvgIpc) is 2.33.